The van der Waals surface area contributed by atoms with Crippen molar-refractivity contribution in [1.82, 2.24) is 9.55 Å². The number of aliphatic carboxylic acids is 1. The van der Waals surface area contributed by atoms with Crippen molar-refractivity contribution >= 4 is 17.6 Å². The number of imidazole rings is 1. The zero-order valence-electron chi connectivity index (χ0n) is 11.4. The molecule has 1 saturated heterocycles. The van der Waals surface area contributed by atoms with E-state index in [1.165, 1.54) is 0 Å². The van der Waals surface area contributed by atoms with Crippen molar-refractivity contribution in [2.45, 2.75) is 31.8 Å². The van der Waals surface area contributed by atoms with Crippen molar-refractivity contribution in [1.29, 1.82) is 0 Å². The fraction of sp³-hybridized carbons (Fsp3) is 0.583. The molecule has 0 amide bonds. The van der Waals surface area contributed by atoms with E-state index in [2.05, 4.69) is 15.3 Å². The highest BCUT2D eigenvalue weighted by Gasteiger charge is 2.41. The highest BCUT2D eigenvalue weighted by atomic mass is 16.5. The predicted molar refractivity (Wildman–Crippen MR) is 72.6 cm³/mol. The molecule has 0 spiro atoms. The molecule has 2 aliphatic rings. The number of carbonyl (C=O) groups is 1. The lowest BCUT2D eigenvalue weighted by Gasteiger charge is -2.21. The number of fused-ring (bicyclic) bond motifs is 1. The van der Waals surface area contributed by atoms with Gasteiger partial charge in [-0.1, -0.05) is 0 Å². The molecule has 21 heavy (non-hydrogen) atoms. The highest BCUT2D eigenvalue weighted by molar-refractivity contribution is 5.95. The second kappa shape index (κ2) is 5.10. The van der Waals surface area contributed by atoms with Gasteiger partial charge in [-0.25, -0.2) is 9.98 Å². The minimum absolute atomic E-state index is 0.260. The number of hydrogen-bond donors (Lipinski definition) is 4. The van der Waals surface area contributed by atoms with Crippen LogP contribution < -0.4 is 11.1 Å². The van der Waals surface area contributed by atoms with Gasteiger partial charge >= 0.3 is 5.97 Å². The molecular weight excluding hydrogens is 278 g/mol. The number of ether oxygens (including phenoxy) is 1. The Kier molecular flexibility index (Phi) is 3.40. The van der Waals surface area contributed by atoms with Crippen molar-refractivity contribution in [2.24, 2.45) is 16.6 Å². The molecule has 9 heteroatoms. The van der Waals surface area contributed by atoms with Crippen LogP contribution in [0.25, 0.3) is 0 Å². The van der Waals surface area contributed by atoms with Crippen molar-refractivity contribution in [2.75, 3.05) is 11.9 Å². The largest absolute Gasteiger partial charge is 0.481 e. The van der Waals surface area contributed by atoms with E-state index in [-0.39, 0.29) is 13.0 Å². The van der Waals surface area contributed by atoms with Gasteiger partial charge < -0.3 is 26.0 Å². The van der Waals surface area contributed by atoms with Gasteiger partial charge in [0.25, 0.3) is 0 Å². The standard InChI is InChI=1S/C12H17N5O4/c1-5-15-10(13)9-11(16-5)17(4-14-9)8-2-6(12(19)20)7(3-18)21-8/h4,6-8,10,18H,2-3,13H2,1H3,(H,15,16)(H,19,20)/t6-,7+,8+,10?/m0/s1. The maximum atomic E-state index is 11.2. The average Bonchev–Trinajstić information content (AvgIpc) is 3.01. The van der Waals surface area contributed by atoms with Gasteiger partial charge in [-0.3, -0.25) is 9.36 Å². The van der Waals surface area contributed by atoms with E-state index in [0.29, 0.717) is 17.3 Å². The first-order valence-corrected chi connectivity index (χ1v) is 6.64. The van der Waals surface area contributed by atoms with Crippen molar-refractivity contribution in [3.8, 4) is 0 Å². The van der Waals surface area contributed by atoms with Gasteiger partial charge in [-0.15, -0.1) is 0 Å². The number of carboxylic acid groups (broad SMARTS) is 1. The molecule has 1 unspecified atom stereocenters. The van der Waals surface area contributed by atoms with Crippen molar-refractivity contribution in [3.05, 3.63) is 12.0 Å². The van der Waals surface area contributed by atoms with E-state index in [4.69, 9.17) is 10.5 Å². The summed E-state index contributed by atoms with van der Waals surface area (Å²) < 4.78 is 7.34. The number of nitrogens with two attached hydrogens (primary N) is 1. The van der Waals surface area contributed by atoms with Gasteiger partial charge in [0.05, 0.1) is 25.0 Å². The third-order valence-corrected chi connectivity index (χ3v) is 3.78. The van der Waals surface area contributed by atoms with E-state index in [0.717, 1.165) is 0 Å². The number of amidine groups is 1. The Morgan fingerprint density at radius 3 is 3.05 bits per heavy atom. The number of aliphatic hydroxyl groups excluding tert-OH is 1. The fourth-order valence-electron chi connectivity index (χ4n) is 2.74. The molecule has 0 saturated carbocycles. The van der Waals surface area contributed by atoms with Crippen LogP contribution in [0.2, 0.25) is 0 Å². The summed E-state index contributed by atoms with van der Waals surface area (Å²) in [7, 11) is 0. The van der Waals surface area contributed by atoms with Crippen LogP contribution in [0.4, 0.5) is 5.82 Å². The first kappa shape index (κ1) is 14.0. The number of nitrogens with one attached hydrogen (secondary N) is 1. The summed E-state index contributed by atoms with van der Waals surface area (Å²) in [6.07, 6.45) is 0.0290. The van der Waals surface area contributed by atoms with Gasteiger partial charge in [-0.2, -0.15) is 0 Å². The van der Waals surface area contributed by atoms with Crippen LogP contribution in [0.3, 0.4) is 0 Å². The summed E-state index contributed by atoms with van der Waals surface area (Å²) in [5.74, 6) is -0.413. The summed E-state index contributed by atoms with van der Waals surface area (Å²) >= 11 is 0. The number of aliphatic hydroxyl groups is 1. The molecule has 1 aromatic heterocycles. The summed E-state index contributed by atoms with van der Waals surface area (Å²) in [5.41, 5.74) is 6.49. The number of hydrogen-bond acceptors (Lipinski definition) is 7. The Bertz CT molecular complexity index is 598. The average molecular weight is 295 g/mol. The second-order valence-corrected chi connectivity index (χ2v) is 5.16. The van der Waals surface area contributed by atoms with Crippen LogP contribution in [0, 0.1) is 5.92 Å². The van der Waals surface area contributed by atoms with E-state index < -0.39 is 30.4 Å². The third-order valence-electron chi connectivity index (χ3n) is 3.78. The number of anilines is 1. The van der Waals surface area contributed by atoms with Gasteiger partial charge in [-0.05, 0) is 6.92 Å². The van der Waals surface area contributed by atoms with E-state index in [1.807, 2.05) is 0 Å². The van der Waals surface area contributed by atoms with Crippen molar-refractivity contribution in [3.63, 3.8) is 0 Å². The molecule has 0 bridgehead atoms. The van der Waals surface area contributed by atoms with Crippen LogP contribution in [0.1, 0.15) is 31.4 Å². The zero-order chi connectivity index (χ0) is 15.1. The van der Waals surface area contributed by atoms with Crippen LogP contribution in [-0.4, -0.2) is 44.3 Å². The summed E-state index contributed by atoms with van der Waals surface area (Å²) in [6.45, 7) is 1.45. The lowest BCUT2D eigenvalue weighted by Crippen LogP contribution is -2.27. The molecular formula is C12H17N5O4. The highest BCUT2D eigenvalue weighted by Crippen LogP contribution is 2.37. The smallest absolute Gasteiger partial charge is 0.309 e. The molecule has 4 atom stereocenters. The second-order valence-electron chi connectivity index (χ2n) is 5.16. The molecule has 0 radical (unpaired) electrons. The predicted octanol–water partition coefficient (Wildman–Crippen LogP) is -0.335. The molecule has 9 nitrogen and oxygen atoms in total. The van der Waals surface area contributed by atoms with Crippen LogP contribution in [0.15, 0.2) is 11.3 Å². The maximum Gasteiger partial charge on any atom is 0.309 e. The Balaban J connectivity index is 1.89. The topological polar surface area (TPSA) is 135 Å². The van der Waals surface area contributed by atoms with Crippen LogP contribution in [0.5, 0.6) is 0 Å². The number of aromatic nitrogens is 2. The lowest BCUT2D eigenvalue weighted by atomic mass is 10.0. The van der Waals surface area contributed by atoms with Gasteiger partial charge in [0.2, 0.25) is 0 Å². The minimum Gasteiger partial charge on any atom is -0.481 e. The summed E-state index contributed by atoms with van der Waals surface area (Å²) in [5, 5.41) is 21.5. The molecule has 114 valence electrons. The first-order valence-electron chi connectivity index (χ1n) is 6.64. The quantitative estimate of drug-likeness (QED) is 0.599. The van der Waals surface area contributed by atoms with E-state index in [1.54, 1.807) is 17.8 Å². The molecule has 3 heterocycles. The Morgan fingerprint density at radius 2 is 2.43 bits per heavy atom. The third kappa shape index (κ3) is 2.28. The Labute approximate surface area is 120 Å². The van der Waals surface area contributed by atoms with Gasteiger partial charge in [0.15, 0.2) is 0 Å². The van der Waals surface area contributed by atoms with E-state index >= 15 is 0 Å². The van der Waals surface area contributed by atoms with Gasteiger partial charge in [0, 0.05) is 6.42 Å². The monoisotopic (exact) mass is 295 g/mol. The molecule has 1 fully saturated rings. The molecule has 0 aliphatic carbocycles. The normalized spacial score (nSPS) is 31.5. The fourth-order valence-corrected chi connectivity index (χ4v) is 2.74. The van der Waals surface area contributed by atoms with Gasteiger partial charge in [0.1, 0.15) is 29.7 Å². The number of aliphatic imine (C=N–C) groups is 1. The zero-order valence-corrected chi connectivity index (χ0v) is 11.4. The maximum absolute atomic E-state index is 11.2. The Hall–Kier alpha value is -1.97. The summed E-state index contributed by atoms with van der Waals surface area (Å²) in [6, 6.07) is 0. The molecule has 2 aliphatic heterocycles. The number of nitrogens with zero attached hydrogens (tertiary/aromatic N) is 3. The minimum atomic E-state index is -0.979. The van der Waals surface area contributed by atoms with E-state index in [9.17, 15) is 15.0 Å². The number of carboxylic acids is 1. The molecule has 0 aromatic carbocycles. The number of rotatable bonds is 3. The molecule has 1 aromatic rings. The van der Waals surface area contributed by atoms with Crippen LogP contribution in [-0.2, 0) is 9.53 Å². The summed E-state index contributed by atoms with van der Waals surface area (Å²) in [4.78, 5) is 19.6. The lowest BCUT2D eigenvalue weighted by molar-refractivity contribution is -0.144. The molecule has 5 N–H and O–H groups in total. The molecule has 3 rings (SSSR count). The first-order chi connectivity index (χ1) is 10.0. The Morgan fingerprint density at radius 1 is 1.67 bits per heavy atom. The van der Waals surface area contributed by atoms with Crippen LogP contribution >= 0.6 is 0 Å². The van der Waals surface area contributed by atoms with Crippen molar-refractivity contribution < 1.29 is 19.7 Å². The SMILES string of the molecule is CC1=NC(N)c2ncn([C@H]3C[C@H](C(=O)O)[C@@H](CO)O3)c2N1.